The second-order valence-electron chi connectivity index (χ2n) is 13.7. The van der Waals surface area contributed by atoms with Crippen LogP contribution in [0.4, 0.5) is 0 Å². The van der Waals surface area contributed by atoms with Gasteiger partial charge in [-0.1, -0.05) is 164 Å². The van der Waals surface area contributed by atoms with Crippen LogP contribution in [0.25, 0.3) is 22.5 Å². The predicted molar refractivity (Wildman–Crippen MR) is 220 cm³/mol. The molecule has 0 spiro atoms. The van der Waals surface area contributed by atoms with Gasteiger partial charge in [0.1, 0.15) is 18.0 Å². The van der Waals surface area contributed by atoms with Crippen LogP contribution in [0, 0.1) is 10.1 Å². The summed E-state index contributed by atoms with van der Waals surface area (Å²) in [5.41, 5.74) is 6.51. The number of rotatable bonds is 18. The third-order valence-electron chi connectivity index (χ3n) is 10.1. The van der Waals surface area contributed by atoms with Gasteiger partial charge < -0.3 is 14.1 Å². The number of aromatic nitrogens is 6. The van der Waals surface area contributed by atoms with Gasteiger partial charge in [0, 0.05) is 24.9 Å². The summed E-state index contributed by atoms with van der Waals surface area (Å²) in [4.78, 5) is 31.8. The SMILES string of the molecule is CCCCc1nc(Cl)c(COC(=O)CCCO[N+](=O)[O-])n1Cc1ccc(-c2ccccc2-c2nnnn2C(c2ccccc2)(c2ccccc2)c2ccccc2)cc1. The maximum atomic E-state index is 12.5. The molecule has 13 heteroatoms. The summed E-state index contributed by atoms with van der Waals surface area (Å²) in [5, 5.41) is 23.6. The Hall–Kier alpha value is -6.66. The second kappa shape index (κ2) is 18.5. The molecule has 7 rings (SSSR count). The maximum Gasteiger partial charge on any atom is 0.306 e. The van der Waals surface area contributed by atoms with E-state index in [2.05, 4.69) is 88.7 Å². The van der Waals surface area contributed by atoms with Crippen LogP contribution < -0.4 is 0 Å². The Balaban J connectivity index is 1.22. The molecule has 5 aromatic carbocycles. The lowest BCUT2D eigenvalue weighted by atomic mass is 9.77. The van der Waals surface area contributed by atoms with Crippen molar-refractivity contribution in [1.82, 2.24) is 29.8 Å². The van der Waals surface area contributed by atoms with Crippen molar-refractivity contribution in [2.75, 3.05) is 6.61 Å². The number of hydrogen-bond acceptors (Lipinski definition) is 9. The molecule has 2 aromatic heterocycles. The summed E-state index contributed by atoms with van der Waals surface area (Å²) in [6.45, 7) is 2.30. The number of nitrogens with zero attached hydrogens (tertiary/aromatic N) is 7. The Morgan fingerprint density at radius 3 is 1.97 bits per heavy atom. The fourth-order valence-corrected chi connectivity index (χ4v) is 7.57. The second-order valence-corrected chi connectivity index (χ2v) is 14.1. The van der Waals surface area contributed by atoms with Crippen LogP contribution in [0.5, 0.6) is 0 Å². The van der Waals surface area contributed by atoms with Crippen molar-refractivity contribution >= 4 is 17.6 Å². The van der Waals surface area contributed by atoms with Crippen molar-refractivity contribution in [3.05, 3.63) is 189 Å². The summed E-state index contributed by atoms with van der Waals surface area (Å²) in [5.74, 6) is 0.903. The van der Waals surface area contributed by atoms with E-state index in [0.717, 1.165) is 57.6 Å². The molecular weight excluding hydrogens is 754 g/mol. The Kier molecular flexibility index (Phi) is 12.6. The van der Waals surface area contributed by atoms with Crippen LogP contribution >= 0.6 is 11.6 Å². The summed E-state index contributed by atoms with van der Waals surface area (Å²) in [6.07, 6.45) is 2.73. The van der Waals surface area contributed by atoms with E-state index < -0.39 is 16.6 Å². The summed E-state index contributed by atoms with van der Waals surface area (Å²) in [7, 11) is 0. The van der Waals surface area contributed by atoms with Crippen molar-refractivity contribution in [3.8, 4) is 22.5 Å². The van der Waals surface area contributed by atoms with Crippen LogP contribution in [0.15, 0.2) is 140 Å². The van der Waals surface area contributed by atoms with Gasteiger partial charge >= 0.3 is 5.97 Å². The lowest BCUT2D eigenvalue weighted by Gasteiger charge is -2.36. The fraction of sp³-hybridized carbons (Fsp3) is 0.222. The van der Waals surface area contributed by atoms with Gasteiger partial charge in [0.15, 0.2) is 11.0 Å². The predicted octanol–water partition coefficient (Wildman–Crippen LogP) is 9.12. The van der Waals surface area contributed by atoms with Crippen LogP contribution in [0.3, 0.4) is 0 Å². The molecule has 0 bridgehead atoms. The topological polar surface area (TPSA) is 140 Å². The number of ether oxygens (including phenoxy) is 1. The number of halogens is 1. The molecule has 12 nitrogen and oxygen atoms in total. The van der Waals surface area contributed by atoms with Crippen molar-refractivity contribution in [3.63, 3.8) is 0 Å². The van der Waals surface area contributed by atoms with Gasteiger partial charge in [0.05, 0.1) is 12.3 Å². The molecule has 0 saturated heterocycles. The third-order valence-corrected chi connectivity index (χ3v) is 10.4. The normalized spacial score (nSPS) is 11.3. The molecular formula is C45H42ClN7O5. The number of benzene rings is 5. The minimum Gasteiger partial charge on any atom is -0.459 e. The molecule has 0 atom stereocenters. The standard InChI is InChI=1S/C45H42ClN7O5/c1-2-3-24-41-47-43(46)40(32-57-42(54)25-15-30-58-53(55)56)51(41)31-33-26-28-34(29-27-33)38-22-13-14-23-39(38)44-48-49-50-52(44)45(35-16-7-4-8-17-35,36-18-9-5-10-19-36)37-20-11-6-12-21-37/h4-14,16-23,26-29H,2-3,15,24-25,30-32H2,1H3. The molecule has 2 heterocycles. The first kappa shape index (κ1) is 39.6. The Morgan fingerprint density at radius 2 is 1.38 bits per heavy atom. The first-order valence-corrected chi connectivity index (χ1v) is 19.6. The van der Waals surface area contributed by atoms with Crippen LogP contribution in [0.1, 0.15) is 66.4 Å². The first-order chi connectivity index (χ1) is 28.4. The van der Waals surface area contributed by atoms with Crippen molar-refractivity contribution in [2.24, 2.45) is 0 Å². The summed E-state index contributed by atoms with van der Waals surface area (Å²) in [6, 6.07) is 47.4. The number of aryl methyl sites for hydroxylation is 1. The average Bonchev–Trinajstić information content (AvgIpc) is 3.86. The number of tetrazole rings is 1. The molecule has 0 saturated carbocycles. The summed E-state index contributed by atoms with van der Waals surface area (Å²) < 4.78 is 9.48. The van der Waals surface area contributed by atoms with E-state index in [-0.39, 0.29) is 31.2 Å². The van der Waals surface area contributed by atoms with Crippen LogP contribution in [0.2, 0.25) is 5.15 Å². The minimum absolute atomic E-state index is 0.0245. The van der Waals surface area contributed by atoms with E-state index in [1.165, 1.54) is 0 Å². The molecule has 0 aliphatic carbocycles. The Morgan fingerprint density at radius 1 is 0.793 bits per heavy atom. The molecule has 0 fully saturated rings. The minimum atomic E-state index is -0.904. The lowest BCUT2D eigenvalue weighted by molar-refractivity contribution is -0.757. The zero-order valence-electron chi connectivity index (χ0n) is 32.0. The maximum absolute atomic E-state index is 12.5. The number of hydrogen-bond donors (Lipinski definition) is 0. The van der Waals surface area contributed by atoms with Crippen molar-refractivity contribution in [1.29, 1.82) is 0 Å². The number of carbonyl (C=O) groups excluding carboxylic acids is 1. The number of esters is 1. The highest BCUT2D eigenvalue weighted by molar-refractivity contribution is 6.30. The molecule has 0 aliphatic heterocycles. The highest BCUT2D eigenvalue weighted by Gasteiger charge is 2.42. The van der Waals surface area contributed by atoms with Gasteiger partial charge in [-0.15, -0.1) is 15.2 Å². The molecule has 294 valence electrons. The van der Waals surface area contributed by atoms with E-state index in [9.17, 15) is 14.9 Å². The van der Waals surface area contributed by atoms with E-state index in [1.807, 2.05) is 82.0 Å². The molecule has 0 aliphatic rings. The van der Waals surface area contributed by atoms with Crippen molar-refractivity contribution < 1.29 is 19.5 Å². The average molecular weight is 796 g/mol. The van der Waals surface area contributed by atoms with Gasteiger partial charge in [0.2, 0.25) is 0 Å². The van der Waals surface area contributed by atoms with E-state index in [4.69, 9.17) is 26.6 Å². The number of unbranched alkanes of at least 4 members (excludes halogenated alkanes) is 1. The molecule has 58 heavy (non-hydrogen) atoms. The quantitative estimate of drug-likeness (QED) is 0.0273. The van der Waals surface area contributed by atoms with Gasteiger partial charge in [-0.05, 0) is 56.6 Å². The van der Waals surface area contributed by atoms with E-state index >= 15 is 0 Å². The monoisotopic (exact) mass is 795 g/mol. The molecule has 0 N–H and O–H groups in total. The highest BCUT2D eigenvalue weighted by Crippen LogP contribution is 2.43. The van der Waals surface area contributed by atoms with Crippen LogP contribution in [-0.4, -0.2) is 47.4 Å². The Bertz CT molecular complexity index is 2340. The molecule has 7 aromatic rings. The van der Waals surface area contributed by atoms with E-state index in [1.54, 1.807) is 0 Å². The lowest BCUT2D eigenvalue weighted by Crippen LogP contribution is -2.39. The fourth-order valence-electron chi connectivity index (χ4n) is 7.32. The zero-order chi connectivity index (χ0) is 40.3. The van der Waals surface area contributed by atoms with Gasteiger partial charge in [-0.25, -0.2) is 9.67 Å². The van der Waals surface area contributed by atoms with Gasteiger partial charge in [-0.2, -0.15) is 0 Å². The molecule has 0 radical (unpaired) electrons. The third kappa shape index (κ3) is 8.52. The van der Waals surface area contributed by atoms with Gasteiger partial charge in [0.25, 0.3) is 5.09 Å². The highest BCUT2D eigenvalue weighted by atomic mass is 35.5. The summed E-state index contributed by atoms with van der Waals surface area (Å²) >= 11 is 6.64. The van der Waals surface area contributed by atoms with Crippen LogP contribution in [-0.2, 0) is 39.5 Å². The number of imidazole rings is 1. The number of carbonyl (C=O) groups is 1. The molecule has 0 unspecified atom stereocenters. The largest absolute Gasteiger partial charge is 0.459 e. The smallest absolute Gasteiger partial charge is 0.306 e. The van der Waals surface area contributed by atoms with Crippen molar-refractivity contribution in [2.45, 2.75) is 57.7 Å². The van der Waals surface area contributed by atoms with E-state index in [0.29, 0.717) is 24.5 Å². The van der Waals surface area contributed by atoms with Gasteiger partial charge in [-0.3, -0.25) is 4.79 Å². The first-order valence-electron chi connectivity index (χ1n) is 19.2. The molecule has 0 amide bonds. The Labute approximate surface area is 341 Å². The zero-order valence-corrected chi connectivity index (χ0v) is 32.7.